The smallest absolute Gasteiger partial charge is 0.119 e. The first-order valence-electron chi connectivity index (χ1n) is 6.49. The van der Waals surface area contributed by atoms with E-state index in [1.807, 2.05) is 54.6 Å². The third-order valence-corrected chi connectivity index (χ3v) is 3.14. The van der Waals surface area contributed by atoms with Crippen molar-refractivity contribution in [2.75, 3.05) is 19.0 Å². The monoisotopic (exact) mass is 273 g/mol. The quantitative estimate of drug-likeness (QED) is 0.755. The molecule has 2 rings (SSSR count). The van der Waals surface area contributed by atoms with Crippen LogP contribution in [0.3, 0.4) is 0 Å². The van der Waals surface area contributed by atoms with Gasteiger partial charge in [-0.05, 0) is 29.8 Å². The lowest BCUT2D eigenvalue weighted by molar-refractivity contribution is 0.0795. The maximum Gasteiger partial charge on any atom is 0.119 e. The minimum absolute atomic E-state index is 0.303. The van der Waals surface area contributed by atoms with Gasteiger partial charge < -0.3 is 20.3 Å². The highest BCUT2D eigenvalue weighted by molar-refractivity contribution is 5.48. The third kappa shape index (κ3) is 3.50. The molecule has 0 spiro atoms. The van der Waals surface area contributed by atoms with Crippen LogP contribution in [0.25, 0.3) is 0 Å². The first-order chi connectivity index (χ1) is 9.74. The van der Waals surface area contributed by atoms with Crippen LogP contribution in [0.4, 0.5) is 5.69 Å². The van der Waals surface area contributed by atoms with Gasteiger partial charge >= 0.3 is 0 Å². The lowest BCUT2D eigenvalue weighted by Crippen LogP contribution is -2.28. The molecular weight excluding hydrogens is 254 g/mol. The molecule has 106 valence electrons. The highest BCUT2D eigenvalue weighted by Crippen LogP contribution is 2.24. The van der Waals surface area contributed by atoms with Crippen molar-refractivity contribution >= 4 is 5.69 Å². The van der Waals surface area contributed by atoms with Crippen molar-refractivity contribution < 1.29 is 14.9 Å². The second-order valence-corrected chi connectivity index (χ2v) is 4.51. The molecular formula is C16H19NO3. The summed E-state index contributed by atoms with van der Waals surface area (Å²) in [5.41, 5.74) is 1.78. The highest BCUT2D eigenvalue weighted by atomic mass is 16.5. The van der Waals surface area contributed by atoms with Crippen LogP contribution in [0.15, 0.2) is 54.6 Å². The number of nitrogens with one attached hydrogen (secondary N) is 1. The Morgan fingerprint density at radius 2 is 1.70 bits per heavy atom. The summed E-state index contributed by atoms with van der Waals surface area (Å²) < 4.78 is 5.11. The molecule has 2 aromatic carbocycles. The maximum atomic E-state index is 10.00. The zero-order valence-corrected chi connectivity index (χ0v) is 11.4. The van der Waals surface area contributed by atoms with Gasteiger partial charge in [-0.25, -0.2) is 0 Å². The van der Waals surface area contributed by atoms with Crippen molar-refractivity contribution in [2.24, 2.45) is 0 Å². The third-order valence-electron chi connectivity index (χ3n) is 3.14. The van der Waals surface area contributed by atoms with E-state index >= 15 is 0 Å². The Morgan fingerprint density at radius 3 is 2.25 bits per heavy atom. The van der Waals surface area contributed by atoms with E-state index in [0.717, 1.165) is 17.0 Å². The minimum atomic E-state index is -0.875. The van der Waals surface area contributed by atoms with E-state index < -0.39 is 6.10 Å². The Morgan fingerprint density at radius 1 is 1.05 bits per heavy atom. The standard InChI is InChI=1S/C16H19NO3/c1-20-14-9-7-13(8-10-14)17-16(15(19)11-18)12-5-3-2-4-6-12/h2-10,15-19H,11H2,1H3/t15-,16+/m0/s1. The first-order valence-corrected chi connectivity index (χ1v) is 6.49. The number of ether oxygens (including phenoxy) is 1. The molecule has 2 atom stereocenters. The number of aliphatic hydroxyl groups excluding tert-OH is 2. The van der Waals surface area contributed by atoms with E-state index in [-0.39, 0.29) is 12.6 Å². The number of hydrogen-bond acceptors (Lipinski definition) is 4. The number of hydrogen-bond donors (Lipinski definition) is 3. The summed E-state index contributed by atoms with van der Waals surface area (Å²) in [5.74, 6) is 0.773. The molecule has 0 saturated carbocycles. The van der Waals surface area contributed by atoms with Gasteiger partial charge in [-0.2, -0.15) is 0 Å². The summed E-state index contributed by atoms with van der Waals surface area (Å²) in [6, 6.07) is 16.6. The average Bonchev–Trinajstić information content (AvgIpc) is 2.53. The van der Waals surface area contributed by atoms with Crippen molar-refractivity contribution in [1.82, 2.24) is 0 Å². The normalized spacial score (nSPS) is 13.6. The Hall–Kier alpha value is -2.04. The Balaban J connectivity index is 2.19. The van der Waals surface area contributed by atoms with Crippen molar-refractivity contribution in [2.45, 2.75) is 12.1 Å². The van der Waals surface area contributed by atoms with E-state index in [4.69, 9.17) is 4.74 Å². The second-order valence-electron chi connectivity index (χ2n) is 4.51. The van der Waals surface area contributed by atoms with Crippen LogP contribution in [0, 0.1) is 0 Å². The predicted molar refractivity (Wildman–Crippen MR) is 78.9 cm³/mol. The average molecular weight is 273 g/mol. The molecule has 0 saturated heterocycles. The van der Waals surface area contributed by atoms with Crippen LogP contribution >= 0.6 is 0 Å². The summed E-state index contributed by atoms with van der Waals surface area (Å²) in [7, 11) is 1.62. The SMILES string of the molecule is COc1ccc(N[C@H](c2ccccc2)[C@@H](O)CO)cc1. The molecule has 4 nitrogen and oxygen atoms in total. The van der Waals surface area contributed by atoms with Crippen molar-refractivity contribution in [3.63, 3.8) is 0 Å². The largest absolute Gasteiger partial charge is 0.497 e. The maximum absolute atomic E-state index is 10.00. The molecule has 0 aliphatic rings. The van der Waals surface area contributed by atoms with Gasteiger partial charge in [0.15, 0.2) is 0 Å². The van der Waals surface area contributed by atoms with Crippen LogP contribution in [0.5, 0.6) is 5.75 Å². The molecule has 0 aliphatic heterocycles. The fourth-order valence-electron chi connectivity index (χ4n) is 2.03. The van der Waals surface area contributed by atoms with E-state index in [9.17, 15) is 10.2 Å². The molecule has 0 bridgehead atoms. The topological polar surface area (TPSA) is 61.7 Å². The van der Waals surface area contributed by atoms with Crippen molar-refractivity contribution in [1.29, 1.82) is 0 Å². The van der Waals surface area contributed by atoms with Gasteiger partial charge in [0.25, 0.3) is 0 Å². The molecule has 20 heavy (non-hydrogen) atoms. The number of benzene rings is 2. The van der Waals surface area contributed by atoms with Gasteiger partial charge in [0.1, 0.15) is 11.9 Å². The minimum Gasteiger partial charge on any atom is -0.497 e. The summed E-state index contributed by atoms with van der Waals surface area (Å²) in [6.45, 7) is -0.303. The highest BCUT2D eigenvalue weighted by Gasteiger charge is 2.20. The lowest BCUT2D eigenvalue weighted by Gasteiger charge is -2.24. The summed E-state index contributed by atoms with van der Waals surface area (Å²) in [6.07, 6.45) is -0.875. The molecule has 0 fully saturated rings. The Bertz CT molecular complexity index is 513. The fourth-order valence-corrected chi connectivity index (χ4v) is 2.03. The van der Waals surface area contributed by atoms with Crippen LogP contribution in [0.1, 0.15) is 11.6 Å². The van der Waals surface area contributed by atoms with Gasteiger partial charge in [-0.1, -0.05) is 30.3 Å². The van der Waals surface area contributed by atoms with Crippen LogP contribution in [-0.4, -0.2) is 30.0 Å². The van der Waals surface area contributed by atoms with Gasteiger partial charge in [0.05, 0.1) is 19.8 Å². The Labute approximate surface area is 118 Å². The molecule has 0 aliphatic carbocycles. The van der Waals surface area contributed by atoms with Crippen molar-refractivity contribution in [3.8, 4) is 5.75 Å². The predicted octanol–water partition coefficient (Wildman–Crippen LogP) is 2.20. The van der Waals surface area contributed by atoms with Crippen LogP contribution < -0.4 is 10.1 Å². The summed E-state index contributed by atoms with van der Waals surface area (Å²) in [4.78, 5) is 0. The lowest BCUT2D eigenvalue weighted by atomic mass is 10.0. The fraction of sp³-hybridized carbons (Fsp3) is 0.250. The van der Waals surface area contributed by atoms with E-state index in [2.05, 4.69) is 5.32 Å². The molecule has 0 aromatic heterocycles. The number of rotatable bonds is 6. The first kappa shape index (κ1) is 14.4. The zero-order chi connectivity index (χ0) is 14.4. The number of anilines is 1. The van der Waals surface area contributed by atoms with E-state index in [0.29, 0.717) is 0 Å². The van der Waals surface area contributed by atoms with Gasteiger partial charge in [-0.15, -0.1) is 0 Å². The molecule has 0 heterocycles. The van der Waals surface area contributed by atoms with Gasteiger partial charge in [-0.3, -0.25) is 0 Å². The second kappa shape index (κ2) is 6.93. The number of aliphatic hydroxyl groups is 2. The molecule has 0 unspecified atom stereocenters. The van der Waals surface area contributed by atoms with Gasteiger partial charge in [0, 0.05) is 5.69 Å². The molecule has 2 aromatic rings. The summed E-state index contributed by atoms with van der Waals surface area (Å²) >= 11 is 0. The molecule has 0 radical (unpaired) electrons. The molecule has 0 amide bonds. The zero-order valence-electron chi connectivity index (χ0n) is 11.4. The molecule has 4 heteroatoms. The Kier molecular flexibility index (Phi) is 4.98. The van der Waals surface area contributed by atoms with E-state index in [1.54, 1.807) is 7.11 Å². The number of methoxy groups -OCH3 is 1. The van der Waals surface area contributed by atoms with Gasteiger partial charge in [0.2, 0.25) is 0 Å². The van der Waals surface area contributed by atoms with E-state index in [1.165, 1.54) is 0 Å². The van der Waals surface area contributed by atoms with Crippen LogP contribution in [-0.2, 0) is 0 Å². The molecule has 3 N–H and O–H groups in total. The summed E-state index contributed by atoms with van der Waals surface area (Å²) in [5, 5.41) is 22.4. The van der Waals surface area contributed by atoms with Crippen LogP contribution in [0.2, 0.25) is 0 Å². The van der Waals surface area contributed by atoms with Crippen molar-refractivity contribution in [3.05, 3.63) is 60.2 Å².